The summed E-state index contributed by atoms with van der Waals surface area (Å²) in [5.74, 6) is -0.345. The van der Waals surface area contributed by atoms with Crippen LogP contribution in [0, 0.1) is 6.92 Å². The number of aryl methyl sites for hydroxylation is 2. The lowest BCUT2D eigenvalue weighted by Gasteiger charge is -2.09. The van der Waals surface area contributed by atoms with E-state index in [9.17, 15) is 4.79 Å². The Kier molecular flexibility index (Phi) is 3.79. The molecule has 0 radical (unpaired) electrons. The van der Waals surface area contributed by atoms with Gasteiger partial charge in [-0.15, -0.1) is 5.10 Å². The van der Waals surface area contributed by atoms with Crippen molar-refractivity contribution in [3.8, 4) is 0 Å². The van der Waals surface area contributed by atoms with E-state index in [2.05, 4.69) is 15.6 Å². The topological polar surface area (TPSA) is 69.0 Å². The summed E-state index contributed by atoms with van der Waals surface area (Å²) < 4.78 is 6.35. The van der Waals surface area contributed by atoms with E-state index in [1.807, 2.05) is 26.2 Å². The molecule has 0 aliphatic carbocycles. The Balaban J connectivity index is 2.12. The summed E-state index contributed by atoms with van der Waals surface area (Å²) in [7, 11) is 3.19. The van der Waals surface area contributed by atoms with Crippen LogP contribution in [0.25, 0.3) is 0 Å². The minimum atomic E-state index is -0.345. The van der Waals surface area contributed by atoms with Crippen molar-refractivity contribution in [2.75, 3.05) is 12.4 Å². The maximum absolute atomic E-state index is 11.5. The maximum Gasteiger partial charge on any atom is 0.337 e. The minimum absolute atomic E-state index is 0.345. The van der Waals surface area contributed by atoms with Crippen LogP contribution in [0.4, 0.5) is 5.69 Å². The quantitative estimate of drug-likeness (QED) is 0.844. The molecule has 6 heteroatoms. The van der Waals surface area contributed by atoms with Crippen LogP contribution in [0.3, 0.4) is 0 Å². The zero-order valence-corrected chi connectivity index (χ0v) is 11.2. The average Bonchev–Trinajstić information content (AvgIpc) is 2.82. The number of aromatic nitrogens is 3. The fourth-order valence-electron chi connectivity index (χ4n) is 1.72. The van der Waals surface area contributed by atoms with E-state index in [4.69, 9.17) is 4.74 Å². The predicted molar refractivity (Wildman–Crippen MR) is 70.8 cm³/mol. The van der Waals surface area contributed by atoms with Crippen LogP contribution in [-0.2, 0) is 18.3 Å². The lowest BCUT2D eigenvalue weighted by atomic mass is 10.1. The molecule has 0 spiro atoms. The first-order valence-electron chi connectivity index (χ1n) is 5.88. The van der Waals surface area contributed by atoms with E-state index in [0.717, 1.165) is 16.9 Å². The molecule has 0 fully saturated rings. The Morgan fingerprint density at radius 2 is 2.26 bits per heavy atom. The van der Waals surface area contributed by atoms with Crippen molar-refractivity contribution in [1.82, 2.24) is 15.0 Å². The monoisotopic (exact) mass is 260 g/mol. The molecule has 0 saturated heterocycles. The van der Waals surface area contributed by atoms with Crippen molar-refractivity contribution in [3.05, 3.63) is 41.2 Å². The van der Waals surface area contributed by atoms with E-state index in [0.29, 0.717) is 12.1 Å². The molecular formula is C13H16N4O2. The van der Waals surface area contributed by atoms with Crippen molar-refractivity contribution in [3.63, 3.8) is 0 Å². The average molecular weight is 260 g/mol. The second-order valence-corrected chi connectivity index (χ2v) is 4.26. The van der Waals surface area contributed by atoms with E-state index < -0.39 is 0 Å². The lowest BCUT2D eigenvalue weighted by Crippen LogP contribution is -2.05. The highest BCUT2D eigenvalue weighted by atomic mass is 16.5. The second-order valence-electron chi connectivity index (χ2n) is 4.26. The molecule has 1 aromatic heterocycles. The number of benzene rings is 1. The maximum atomic E-state index is 11.5. The van der Waals surface area contributed by atoms with Crippen molar-refractivity contribution < 1.29 is 9.53 Å². The summed E-state index contributed by atoms with van der Waals surface area (Å²) >= 11 is 0. The van der Waals surface area contributed by atoms with Crippen LogP contribution < -0.4 is 5.32 Å². The first-order chi connectivity index (χ1) is 9.10. The second kappa shape index (κ2) is 5.51. The number of esters is 1. The molecule has 1 N–H and O–H groups in total. The molecule has 0 amide bonds. The molecule has 2 aromatic rings. The van der Waals surface area contributed by atoms with Gasteiger partial charge in [0, 0.05) is 18.9 Å². The first kappa shape index (κ1) is 13.1. The first-order valence-corrected chi connectivity index (χ1v) is 5.88. The molecule has 19 heavy (non-hydrogen) atoms. The Labute approximate surface area is 111 Å². The van der Waals surface area contributed by atoms with Gasteiger partial charge in [0.25, 0.3) is 0 Å². The van der Waals surface area contributed by atoms with E-state index in [1.165, 1.54) is 7.11 Å². The fraction of sp³-hybridized carbons (Fsp3) is 0.308. The van der Waals surface area contributed by atoms with E-state index in [-0.39, 0.29) is 5.97 Å². The number of ether oxygens (including phenoxy) is 1. The third-order valence-electron chi connectivity index (χ3n) is 2.77. The van der Waals surface area contributed by atoms with Crippen LogP contribution in [0.15, 0.2) is 24.4 Å². The molecule has 6 nitrogen and oxygen atoms in total. The Hall–Kier alpha value is -2.37. The van der Waals surface area contributed by atoms with Gasteiger partial charge in [-0.3, -0.25) is 4.68 Å². The summed E-state index contributed by atoms with van der Waals surface area (Å²) in [4.78, 5) is 11.5. The molecule has 0 atom stereocenters. The van der Waals surface area contributed by atoms with Gasteiger partial charge in [-0.05, 0) is 24.6 Å². The number of carbonyl (C=O) groups excluding carboxylic acids is 1. The van der Waals surface area contributed by atoms with E-state index in [1.54, 1.807) is 16.8 Å². The van der Waals surface area contributed by atoms with Crippen LogP contribution in [0.2, 0.25) is 0 Å². The summed E-state index contributed by atoms with van der Waals surface area (Å²) in [6.07, 6.45) is 1.84. The SMILES string of the molecule is COC(=O)c1ccc(C)c(NCc2cn(C)nn2)c1. The van der Waals surface area contributed by atoms with Gasteiger partial charge in [0.1, 0.15) is 5.69 Å². The Morgan fingerprint density at radius 1 is 1.47 bits per heavy atom. The number of rotatable bonds is 4. The number of nitrogens with one attached hydrogen (secondary N) is 1. The molecule has 1 heterocycles. The van der Waals surface area contributed by atoms with Crippen molar-refractivity contribution in [2.45, 2.75) is 13.5 Å². The molecule has 0 aliphatic heterocycles. The number of nitrogens with zero attached hydrogens (tertiary/aromatic N) is 3. The van der Waals surface area contributed by atoms with Crippen LogP contribution >= 0.6 is 0 Å². The largest absolute Gasteiger partial charge is 0.465 e. The van der Waals surface area contributed by atoms with Gasteiger partial charge in [-0.25, -0.2) is 4.79 Å². The third-order valence-corrected chi connectivity index (χ3v) is 2.77. The number of methoxy groups -OCH3 is 1. The van der Waals surface area contributed by atoms with E-state index >= 15 is 0 Å². The normalized spacial score (nSPS) is 10.3. The predicted octanol–water partition coefficient (Wildman–Crippen LogP) is 1.52. The Morgan fingerprint density at radius 3 is 2.89 bits per heavy atom. The summed E-state index contributed by atoms with van der Waals surface area (Å²) in [6.45, 7) is 2.53. The lowest BCUT2D eigenvalue weighted by molar-refractivity contribution is 0.0601. The number of hydrogen-bond acceptors (Lipinski definition) is 5. The summed E-state index contributed by atoms with van der Waals surface area (Å²) in [6, 6.07) is 5.40. The molecule has 0 aliphatic rings. The zero-order chi connectivity index (χ0) is 13.8. The van der Waals surface area contributed by atoms with Gasteiger partial charge in [-0.1, -0.05) is 11.3 Å². The van der Waals surface area contributed by atoms with Crippen LogP contribution in [0.5, 0.6) is 0 Å². The molecular weight excluding hydrogens is 244 g/mol. The molecule has 1 aromatic carbocycles. The molecule has 0 bridgehead atoms. The number of hydrogen-bond donors (Lipinski definition) is 1. The smallest absolute Gasteiger partial charge is 0.337 e. The summed E-state index contributed by atoms with van der Waals surface area (Å²) in [5, 5.41) is 11.1. The van der Waals surface area contributed by atoms with Crippen molar-refractivity contribution >= 4 is 11.7 Å². The van der Waals surface area contributed by atoms with Gasteiger partial charge in [0.05, 0.1) is 19.2 Å². The standard InChI is InChI=1S/C13H16N4O2/c1-9-4-5-10(13(18)19-3)6-12(9)14-7-11-8-17(2)16-15-11/h4-6,8,14H,7H2,1-3H3. The van der Waals surface area contributed by atoms with Gasteiger partial charge in [0.2, 0.25) is 0 Å². The van der Waals surface area contributed by atoms with Crippen molar-refractivity contribution in [2.24, 2.45) is 7.05 Å². The highest BCUT2D eigenvalue weighted by Crippen LogP contribution is 2.18. The molecule has 0 saturated carbocycles. The van der Waals surface area contributed by atoms with Gasteiger partial charge in [-0.2, -0.15) is 0 Å². The summed E-state index contributed by atoms with van der Waals surface area (Å²) in [5.41, 5.74) is 3.30. The number of anilines is 1. The molecule has 2 rings (SSSR count). The highest BCUT2D eigenvalue weighted by Gasteiger charge is 2.08. The van der Waals surface area contributed by atoms with Crippen molar-refractivity contribution in [1.29, 1.82) is 0 Å². The highest BCUT2D eigenvalue weighted by molar-refractivity contribution is 5.90. The Bertz CT molecular complexity index is 592. The van der Waals surface area contributed by atoms with Crippen LogP contribution in [-0.4, -0.2) is 28.1 Å². The van der Waals surface area contributed by atoms with Crippen LogP contribution in [0.1, 0.15) is 21.6 Å². The minimum Gasteiger partial charge on any atom is -0.465 e. The number of carbonyl (C=O) groups is 1. The van der Waals surface area contributed by atoms with Gasteiger partial charge < -0.3 is 10.1 Å². The van der Waals surface area contributed by atoms with Gasteiger partial charge >= 0.3 is 5.97 Å². The third kappa shape index (κ3) is 3.09. The van der Waals surface area contributed by atoms with Gasteiger partial charge in [0.15, 0.2) is 0 Å². The fourth-order valence-corrected chi connectivity index (χ4v) is 1.72. The molecule has 100 valence electrons. The zero-order valence-electron chi connectivity index (χ0n) is 11.2. The molecule has 0 unspecified atom stereocenters.